The largest absolute Gasteiger partial charge is 0.491 e. The molecule has 1 heterocycles. The molecule has 0 unspecified atom stereocenters. The van der Waals surface area contributed by atoms with Crippen LogP contribution in [0.1, 0.15) is 44.2 Å². The van der Waals surface area contributed by atoms with Crippen LogP contribution in [0.15, 0.2) is 18.2 Å². The van der Waals surface area contributed by atoms with Crippen LogP contribution in [0.3, 0.4) is 0 Å². The van der Waals surface area contributed by atoms with Crippen molar-refractivity contribution >= 4 is 0 Å². The van der Waals surface area contributed by atoms with Crippen LogP contribution in [0, 0.1) is 0 Å². The Labute approximate surface area is 127 Å². The molecule has 0 aromatic heterocycles. The van der Waals surface area contributed by atoms with Gasteiger partial charge in [-0.2, -0.15) is 0 Å². The van der Waals surface area contributed by atoms with E-state index in [0.717, 1.165) is 30.8 Å². The topological polar surface area (TPSA) is 52.9 Å². The lowest BCUT2D eigenvalue weighted by Crippen LogP contribution is -2.29. The van der Waals surface area contributed by atoms with Gasteiger partial charge in [0.25, 0.3) is 0 Å². The van der Waals surface area contributed by atoms with E-state index in [1.165, 1.54) is 18.4 Å². The molecule has 1 aromatic rings. The van der Waals surface area contributed by atoms with E-state index in [2.05, 4.69) is 11.0 Å². The highest BCUT2D eigenvalue weighted by Gasteiger charge is 2.24. The molecule has 1 saturated heterocycles. The third-order valence-electron chi connectivity index (χ3n) is 4.00. The van der Waals surface area contributed by atoms with Crippen LogP contribution in [-0.4, -0.2) is 40.4 Å². The first kappa shape index (κ1) is 16.3. The van der Waals surface area contributed by atoms with Gasteiger partial charge in [0.1, 0.15) is 5.75 Å². The van der Waals surface area contributed by atoms with Crippen LogP contribution in [0.25, 0.3) is 0 Å². The second-order valence-electron chi connectivity index (χ2n) is 6.05. The van der Waals surface area contributed by atoms with Gasteiger partial charge >= 0.3 is 0 Å². The summed E-state index contributed by atoms with van der Waals surface area (Å²) in [5.41, 5.74) is 2.04. The Morgan fingerprint density at radius 1 is 1.33 bits per heavy atom. The van der Waals surface area contributed by atoms with Crippen molar-refractivity contribution in [3.05, 3.63) is 29.3 Å². The van der Waals surface area contributed by atoms with Gasteiger partial charge in [-0.25, -0.2) is 0 Å². The maximum absolute atomic E-state index is 9.53. The number of ether oxygens (including phenoxy) is 1. The van der Waals surface area contributed by atoms with Crippen molar-refractivity contribution in [2.45, 2.75) is 58.4 Å². The van der Waals surface area contributed by atoms with Crippen LogP contribution in [0.4, 0.5) is 0 Å². The average molecular weight is 293 g/mol. The number of nitrogens with zero attached hydrogens (tertiary/aromatic N) is 1. The fourth-order valence-electron chi connectivity index (χ4n) is 3.04. The molecule has 21 heavy (non-hydrogen) atoms. The van der Waals surface area contributed by atoms with Crippen LogP contribution in [-0.2, 0) is 13.2 Å². The molecule has 0 saturated carbocycles. The highest BCUT2D eigenvalue weighted by molar-refractivity contribution is 5.37. The Bertz CT molecular complexity index is 448. The molecule has 4 heteroatoms. The van der Waals surface area contributed by atoms with Crippen LogP contribution in [0.2, 0.25) is 0 Å². The van der Waals surface area contributed by atoms with Crippen molar-refractivity contribution in [3.63, 3.8) is 0 Å². The van der Waals surface area contributed by atoms with Gasteiger partial charge in [-0.3, -0.25) is 4.90 Å². The highest BCUT2D eigenvalue weighted by atomic mass is 16.5. The minimum Gasteiger partial charge on any atom is -0.491 e. The van der Waals surface area contributed by atoms with Crippen LogP contribution >= 0.6 is 0 Å². The Hall–Kier alpha value is -1.10. The van der Waals surface area contributed by atoms with Gasteiger partial charge in [0.2, 0.25) is 0 Å². The monoisotopic (exact) mass is 293 g/mol. The summed E-state index contributed by atoms with van der Waals surface area (Å²) in [4.78, 5) is 2.43. The molecule has 1 aliphatic rings. The van der Waals surface area contributed by atoms with Crippen LogP contribution < -0.4 is 4.74 Å². The van der Waals surface area contributed by atoms with Gasteiger partial charge < -0.3 is 14.9 Å². The highest BCUT2D eigenvalue weighted by Crippen LogP contribution is 2.26. The molecule has 1 aromatic carbocycles. The summed E-state index contributed by atoms with van der Waals surface area (Å²) < 4.78 is 5.71. The Balaban J connectivity index is 2.06. The summed E-state index contributed by atoms with van der Waals surface area (Å²) in [6.45, 7) is 6.18. The Morgan fingerprint density at radius 2 is 2.14 bits per heavy atom. The van der Waals surface area contributed by atoms with E-state index in [-0.39, 0.29) is 19.3 Å². The van der Waals surface area contributed by atoms with E-state index in [4.69, 9.17) is 9.84 Å². The van der Waals surface area contributed by atoms with Gasteiger partial charge in [0.15, 0.2) is 0 Å². The summed E-state index contributed by atoms with van der Waals surface area (Å²) >= 11 is 0. The smallest absolute Gasteiger partial charge is 0.125 e. The van der Waals surface area contributed by atoms with Gasteiger partial charge in [-0.1, -0.05) is 6.07 Å². The van der Waals surface area contributed by atoms with Crippen molar-refractivity contribution < 1.29 is 14.9 Å². The van der Waals surface area contributed by atoms with E-state index in [1.807, 2.05) is 26.0 Å². The molecule has 2 rings (SSSR count). The van der Waals surface area contributed by atoms with Crippen molar-refractivity contribution in [3.8, 4) is 5.75 Å². The zero-order chi connectivity index (χ0) is 15.2. The number of aliphatic hydroxyl groups is 2. The molecule has 118 valence electrons. The fraction of sp³-hybridized carbons (Fsp3) is 0.647. The minimum absolute atomic E-state index is 0.00401. The number of hydrogen-bond acceptors (Lipinski definition) is 4. The quantitative estimate of drug-likeness (QED) is 0.810. The molecule has 1 fully saturated rings. The molecule has 4 nitrogen and oxygen atoms in total. The molecule has 0 spiro atoms. The molecular weight excluding hydrogens is 266 g/mol. The molecule has 0 amide bonds. The molecule has 1 aliphatic heterocycles. The molecule has 0 aliphatic carbocycles. The SMILES string of the molecule is CC(C)Oc1ccc(CN2CCC[C@@H]2CCO)cc1CO. The van der Waals surface area contributed by atoms with Crippen LogP contribution in [0.5, 0.6) is 5.75 Å². The lowest BCUT2D eigenvalue weighted by Gasteiger charge is -2.24. The summed E-state index contributed by atoms with van der Waals surface area (Å²) in [5, 5.41) is 18.7. The summed E-state index contributed by atoms with van der Waals surface area (Å²) in [7, 11) is 0. The van der Waals surface area contributed by atoms with E-state index in [0.29, 0.717) is 6.04 Å². The molecule has 1 atom stereocenters. The standard InChI is InChI=1S/C17H27NO3/c1-13(2)21-17-6-5-14(10-15(17)12-20)11-18-8-3-4-16(18)7-9-19/h5-6,10,13,16,19-20H,3-4,7-9,11-12H2,1-2H3/t16-/m1/s1. The van der Waals surface area contributed by atoms with E-state index >= 15 is 0 Å². The number of hydrogen-bond donors (Lipinski definition) is 2. The molecular formula is C17H27NO3. The van der Waals surface area contributed by atoms with Gasteiger partial charge in [-0.05, 0) is 57.4 Å². The predicted octanol–water partition coefficient (Wildman–Crippen LogP) is 2.31. The summed E-state index contributed by atoms with van der Waals surface area (Å²) in [6, 6.07) is 6.55. The van der Waals surface area contributed by atoms with E-state index in [9.17, 15) is 5.11 Å². The third-order valence-corrected chi connectivity index (χ3v) is 4.00. The van der Waals surface area contributed by atoms with Crippen molar-refractivity contribution in [2.75, 3.05) is 13.2 Å². The average Bonchev–Trinajstić information content (AvgIpc) is 2.87. The first-order chi connectivity index (χ1) is 10.1. The maximum atomic E-state index is 9.53. The van der Waals surface area contributed by atoms with Crippen molar-refractivity contribution in [2.24, 2.45) is 0 Å². The van der Waals surface area contributed by atoms with Gasteiger partial charge in [0.05, 0.1) is 12.7 Å². The Morgan fingerprint density at radius 3 is 2.81 bits per heavy atom. The third kappa shape index (κ3) is 4.43. The van der Waals surface area contributed by atoms with E-state index < -0.39 is 0 Å². The number of rotatable bonds is 7. The zero-order valence-electron chi connectivity index (χ0n) is 13.1. The minimum atomic E-state index is -0.00401. The molecule has 0 bridgehead atoms. The molecule has 0 radical (unpaired) electrons. The molecule has 2 N–H and O–H groups in total. The second-order valence-corrected chi connectivity index (χ2v) is 6.05. The van der Waals surface area contributed by atoms with Crippen molar-refractivity contribution in [1.82, 2.24) is 4.90 Å². The lowest BCUT2D eigenvalue weighted by molar-refractivity contribution is 0.189. The van der Waals surface area contributed by atoms with E-state index in [1.54, 1.807) is 0 Å². The summed E-state index contributed by atoms with van der Waals surface area (Å²) in [5.74, 6) is 0.768. The normalized spacial score (nSPS) is 19.4. The lowest BCUT2D eigenvalue weighted by atomic mass is 10.1. The zero-order valence-corrected chi connectivity index (χ0v) is 13.1. The van der Waals surface area contributed by atoms with Gasteiger partial charge in [0, 0.05) is 24.8 Å². The fourth-order valence-corrected chi connectivity index (χ4v) is 3.04. The number of aliphatic hydroxyl groups excluding tert-OH is 2. The first-order valence-corrected chi connectivity index (χ1v) is 7.88. The van der Waals surface area contributed by atoms with Gasteiger partial charge in [-0.15, -0.1) is 0 Å². The summed E-state index contributed by atoms with van der Waals surface area (Å²) in [6.07, 6.45) is 3.32. The first-order valence-electron chi connectivity index (χ1n) is 7.88. The number of likely N-dealkylation sites (tertiary alicyclic amines) is 1. The Kier molecular flexibility index (Phi) is 6.03. The second kappa shape index (κ2) is 7.78. The van der Waals surface area contributed by atoms with Crippen molar-refractivity contribution in [1.29, 1.82) is 0 Å². The predicted molar refractivity (Wildman–Crippen MR) is 83.3 cm³/mol. The number of benzene rings is 1. The maximum Gasteiger partial charge on any atom is 0.125 e.